The van der Waals surface area contributed by atoms with Gasteiger partial charge >= 0.3 is 0 Å². The van der Waals surface area contributed by atoms with Crippen LogP contribution in [0.5, 0.6) is 0 Å². The van der Waals surface area contributed by atoms with Gasteiger partial charge in [-0.15, -0.1) is 0 Å². The molecule has 2 aliphatic rings. The fourth-order valence-corrected chi connectivity index (χ4v) is 2.72. The van der Waals surface area contributed by atoms with Gasteiger partial charge in [-0.05, 0) is 12.1 Å². The fourth-order valence-electron chi connectivity index (χ4n) is 2.72. The molecule has 0 saturated carbocycles. The largest absolute Gasteiger partial charge is 0.295 e. The third-order valence-corrected chi connectivity index (χ3v) is 3.45. The van der Waals surface area contributed by atoms with Gasteiger partial charge in [0.25, 0.3) is 5.91 Å². The van der Waals surface area contributed by atoms with Crippen molar-refractivity contribution < 1.29 is 9.39 Å². The predicted octanol–water partition coefficient (Wildman–Crippen LogP) is 1.68. The van der Waals surface area contributed by atoms with Crippen LogP contribution < -0.4 is 5.43 Å². The number of hydrogen-bond donors (Lipinski definition) is 1. The maximum absolute atomic E-state index is 11.6. The lowest BCUT2D eigenvalue weighted by atomic mass is 10.1. The molecule has 1 amide bonds. The van der Waals surface area contributed by atoms with Crippen molar-refractivity contribution in [1.82, 2.24) is 5.43 Å². The second-order valence-corrected chi connectivity index (χ2v) is 4.49. The number of carbonyl (C=O) groups is 1. The first kappa shape index (κ1) is 9.60. The molecule has 3 heteroatoms. The lowest BCUT2D eigenvalue weighted by Crippen LogP contribution is -2.52. The van der Waals surface area contributed by atoms with E-state index >= 15 is 0 Å². The maximum Gasteiger partial charge on any atom is 0.295 e. The Bertz CT molecular complexity index is 444. The molecule has 1 spiro atoms. The van der Waals surface area contributed by atoms with E-state index in [4.69, 9.17) is 0 Å². The summed E-state index contributed by atoms with van der Waals surface area (Å²) < 4.78 is 0.656. The Labute approximate surface area is 94.9 Å². The molecule has 1 aromatic carbocycles. The van der Waals surface area contributed by atoms with Gasteiger partial charge in [-0.3, -0.25) is 4.79 Å². The van der Waals surface area contributed by atoms with Gasteiger partial charge in [0, 0.05) is 18.4 Å². The van der Waals surface area contributed by atoms with Crippen molar-refractivity contribution in [1.29, 1.82) is 0 Å². The van der Waals surface area contributed by atoms with Crippen LogP contribution in [0.25, 0.3) is 5.70 Å². The minimum absolute atomic E-state index is 0.0424. The highest BCUT2D eigenvalue weighted by Gasteiger charge is 2.43. The second kappa shape index (κ2) is 3.46. The molecule has 0 radical (unpaired) electrons. The van der Waals surface area contributed by atoms with Gasteiger partial charge < -0.3 is 0 Å². The number of nitrogens with zero attached hydrogens (tertiary/aromatic N) is 1. The van der Waals surface area contributed by atoms with Crippen LogP contribution in [0.1, 0.15) is 18.4 Å². The van der Waals surface area contributed by atoms with Crippen LogP contribution in [0.15, 0.2) is 36.4 Å². The predicted molar refractivity (Wildman–Crippen MR) is 61.8 cm³/mol. The average Bonchev–Trinajstić information content (AvgIpc) is 2.89. The smallest absolute Gasteiger partial charge is 0.265 e. The van der Waals surface area contributed by atoms with Gasteiger partial charge in [0.15, 0.2) is 5.70 Å². The molecular weight excluding hydrogens is 200 g/mol. The quantitative estimate of drug-likeness (QED) is 0.710. The highest BCUT2D eigenvalue weighted by atomic mass is 16.2. The average molecular weight is 215 g/mol. The molecule has 0 unspecified atom stereocenters. The minimum atomic E-state index is 0.0424. The highest BCUT2D eigenvalue weighted by Crippen LogP contribution is 2.33. The van der Waals surface area contributed by atoms with Crippen LogP contribution in [-0.4, -0.2) is 23.6 Å². The zero-order valence-corrected chi connectivity index (χ0v) is 9.15. The molecule has 0 bridgehead atoms. The number of carbonyl (C=O) groups excluding carboxylic acids is 1. The first-order chi connectivity index (χ1) is 7.80. The van der Waals surface area contributed by atoms with Crippen molar-refractivity contribution in [2.24, 2.45) is 0 Å². The van der Waals surface area contributed by atoms with E-state index in [1.807, 2.05) is 18.2 Å². The molecule has 0 atom stereocenters. The summed E-state index contributed by atoms with van der Waals surface area (Å²) in [6.45, 7) is 2.04. The molecular formula is C13H15N2O+. The third-order valence-electron chi connectivity index (χ3n) is 3.45. The van der Waals surface area contributed by atoms with Gasteiger partial charge in [0.1, 0.15) is 13.1 Å². The van der Waals surface area contributed by atoms with Gasteiger partial charge in [-0.25, -0.2) is 0 Å². The van der Waals surface area contributed by atoms with Crippen molar-refractivity contribution in [2.45, 2.75) is 12.8 Å². The van der Waals surface area contributed by atoms with E-state index < -0.39 is 0 Å². The zero-order valence-electron chi connectivity index (χ0n) is 9.15. The van der Waals surface area contributed by atoms with Crippen molar-refractivity contribution in [2.75, 3.05) is 13.1 Å². The summed E-state index contributed by atoms with van der Waals surface area (Å²) >= 11 is 0. The van der Waals surface area contributed by atoms with E-state index in [0.29, 0.717) is 4.59 Å². The van der Waals surface area contributed by atoms with E-state index in [-0.39, 0.29) is 5.91 Å². The number of amides is 1. The van der Waals surface area contributed by atoms with E-state index in [2.05, 4.69) is 17.6 Å². The summed E-state index contributed by atoms with van der Waals surface area (Å²) in [5, 5.41) is 0. The Balaban J connectivity index is 2.05. The van der Waals surface area contributed by atoms with Gasteiger partial charge in [0.2, 0.25) is 0 Å². The lowest BCUT2D eigenvalue weighted by molar-refractivity contribution is -0.879. The van der Waals surface area contributed by atoms with E-state index in [1.54, 1.807) is 6.08 Å². The summed E-state index contributed by atoms with van der Waals surface area (Å²) in [5.74, 6) is 0.0424. The van der Waals surface area contributed by atoms with E-state index in [9.17, 15) is 4.79 Å². The number of hydrogen-bond acceptors (Lipinski definition) is 1. The molecule has 82 valence electrons. The molecule has 0 aromatic heterocycles. The molecule has 1 fully saturated rings. The molecule has 2 heterocycles. The van der Waals surface area contributed by atoms with Crippen molar-refractivity contribution in [3.8, 4) is 0 Å². The Kier molecular flexibility index (Phi) is 2.07. The molecule has 2 aliphatic heterocycles. The Morgan fingerprint density at radius 3 is 2.44 bits per heavy atom. The third kappa shape index (κ3) is 1.36. The SMILES string of the molecule is O=C1C=C(c2ccccc2)[N+]2(CCCC2)N1. The number of benzene rings is 1. The Hall–Kier alpha value is -1.61. The van der Waals surface area contributed by atoms with Gasteiger partial charge in [-0.1, -0.05) is 18.2 Å². The maximum atomic E-state index is 11.6. The number of quaternary nitrogens is 1. The molecule has 1 N–H and O–H groups in total. The molecule has 3 nitrogen and oxygen atoms in total. The summed E-state index contributed by atoms with van der Waals surface area (Å²) in [6, 6.07) is 10.2. The lowest BCUT2D eigenvalue weighted by Gasteiger charge is -2.29. The summed E-state index contributed by atoms with van der Waals surface area (Å²) in [7, 11) is 0. The first-order valence-electron chi connectivity index (χ1n) is 5.77. The monoisotopic (exact) mass is 215 g/mol. The van der Waals surface area contributed by atoms with Crippen LogP contribution in [0.3, 0.4) is 0 Å². The molecule has 1 saturated heterocycles. The molecule has 1 aromatic rings. The van der Waals surface area contributed by atoms with Gasteiger partial charge in [-0.2, -0.15) is 10.0 Å². The molecule has 0 aliphatic carbocycles. The van der Waals surface area contributed by atoms with E-state index in [1.165, 1.54) is 12.8 Å². The highest BCUT2D eigenvalue weighted by molar-refractivity contribution is 5.96. The molecule has 16 heavy (non-hydrogen) atoms. The second-order valence-electron chi connectivity index (χ2n) is 4.49. The number of nitrogens with one attached hydrogen (secondary N) is 1. The normalized spacial score (nSPS) is 22.2. The summed E-state index contributed by atoms with van der Waals surface area (Å²) in [4.78, 5) is 11.6. The van der Waals surface area contributed by atoms with Crippen LogP contribution in [0.4, 0.5) is 0 Å². The Morgan fingerprint density at radius 1 is 1.06 bits per heavy atom. The summed E-state index contributed by atoms with van der Waals surface area (Å²) in [6.07, 6.45) is 4.12. The zero-order chi connectivity index (χ0) is 11.0. The van der Waals surface area contributed by atoms with E-state index in [0.717, 1.165) is 24.4 Å². The number of rotatable bonds is 1. The first-order valence-corrected chi connectivity index (χ1v) is 5.77. The topological polar surface area (TPSA) is 29.1 Å². The minimum Gasteiger partial charge on any atom is -0.265 e. The van der Waals surface area contributed by atoms with Crippen molar-refractivity contribution in [3.05, 3.63) is 42.0 Å². The molecule has 3 rings (SSSR count). The van der Waals surface area contributed by atoms with Crippen LogP contribution in [0.2, 0.25) is 0 Å². The van der Waals surface area contributed by atoms with Crippen LogP contribution in [-0.2, 0) is 4.79 Å². The fraction of sp³-hybridized carbons (Fsp3) is 0.308. The van der Waals surface area contributed by atoms with Crippen LogP contribution in [0, 0.1) is 0 Å². The van der Waals surface area contributed by atoms with Crippen LogP contribution >= 0.6 is 0 Å². The van der Waals surface area contributed by atoms with Crippen molar-refractivity contribution >= 4 is 11.6 Å². The Morgan fingerprint density at radius 2 is 1.75 bits per heavy atom. The van der Waals surface area contributed by atoms with Gasteiger partial charge in [0.05, 0.1) is 6.08 Å². The standard InChI is InChI=1S/C13H14N2O/c16-13-10-12(11-6-2-1-3-7-11)15(14-13)8-4-5-9-15/h1-3,6-7,10H,4-5,8-9H2/p+1. The van der Waals surface area contributed by atoms with Crippen molar-refractivity contribution in [3.63, 3.8) is 0 Å². The summed E-state index contributed by atoms with van der Waals surface area (Å²) in [5.41, 5.74) is 5.37.